The molecular formula is C18H23N3O5S. The molecule has 0 bridgehead atoms. The molecule has 0 radical (unpaired) electrons. The summed E-state index contributed by atoms with van der Waals surface area (Å²) in [5.41, 5.74) is 5.92. The summed E-state index contributed by atoms with van der Waals surface area (Å²) >= 11 is 0.966. The lowest BCUT2D eigenvalue weighted by atomic mass is 10.1. The topological polar surface area (TPSA) is 115 Å². The summed E-state index contributed by atoms with van der Waals surface area (Å²) in [7, 11) is 1.79. The maximum atomic E-state index is 12.5. The summed E-state index contributed by atoms with van der Waals surface area (Å²) in [5, 5.41) is 2.95. The van der Waals surface area contributed by atoms with Crippen LogP contribution in [-0.2, 0) is 9.53 Å². The third-order valence-corrected chi connectivity index (χ3v) is 5.33. The van der Waals surface area contributed by atoms with Gasteiger partial charge >= 0.3 is 5.97 Å². The van der Waals surface area contributed by atoms with E-state index < -0.39 is 11.9 Å². The number of hydrogen-bond acceptors (Lipinski definition) is 7. The summed E-state index contributed by atoms with van der Waals surface area (Å²) in [6, 6.07) is 3.51. The molecule has 0 spiro atoms. The monoisotopic (exact) mass is 393 g/mol. The highest BCUT2D eigenvalue weighted by Crippen LogP contribution is 2.33. The first-order valence-corrected chi connectivity index (χ1v) is 9.21. The number of hydrogen-bond donors (Lipinski definition) is 2. The van der Waals surface area contributed by atoms with Gasteiger partial charge in [-0.15, -0.1) is 11.3 Å². The molecule has 27 heavy (non-hydrogen) atoms. The molecule has 2 amide bonds. The van der Waals surface area contributed by atoms with E-state index in [0.717, 1.165) is 17.1 Å². The van der Waals surface area contributed by atoms with Gasteiger partial charge in [0.25, 0.3) is 5.91 Å². The zero-order valence-corrected chi connectivity index (χ0v) is 16.5. The number of carbonyl (C=O) groups is 3. The lowest BCUT2D eigenvalue weighted by Crippen LogP contribution is -2.32. The highest BCUT2D eigenvalue weighted by Gasteiger charge is 2.26. The minimum absolute atomic E-state index is 0.0625. The molecule has 0 aliphatic rings. The standard InChI is InChI=1S/C18H23N3O5S/c1-5-25-18(24)14-10(2)15(16(19)23)27-17(14)20-13(22)9-21(4)11(3)12-7-6-8-26-12/h6-8,11H,5,9H2,1-4H3,(H2,19,23)(H,20,22). The number of anilines is 1. The van der Waals surface area contributed by atoms with Gasteiger partial charge in [0.1, 0.15) is 10.8 Å². The number of amides is 2. The second-order valence-corrected chi connectivity index (χ2v) is 7.02. The number of nitrogens with two attached hydrogens (primary N) is 1. The van der Waals surface area contributed by atoms with Gasteiger partial charge < -0.3 is 20.2 Å². The number of nitrogens with one attached hydrogen (secondary N) is 1. The fraction of sp³-hybridized carbons (Fsp3) is 0.389. The molecule has 0 saturated heterocycles. The van der Waals surface area contributed by atoms with E-state index in [-0.39, 0.29) is 40.5 Å². The van der Waals surface area contributed by atoms with E-state index in [1.807, 2.05) is 13.0 Å². The van der Waals surface area contributed by atoms with E-state index in [4.69, 9.17) is 14.9 Å². The molecule has 1 atom stereocenters. The minimum Gasteiger partial charge on any atom is -0.468 e. The quantitative estimate of drug-likeness (QED) is 0.666. The number of esters is 1. The smallest absolute Gasteiger partial charge is 0.341 e. The lowest BCUT2D eigenvalue weighted by Gasteiger charge is -2.22. The predicted octanol–water partition coefficient (Wildman–Crippen LogP) is 2.56. The van der Waals surface area contributed by atoms with Crippen LogP contribution < -0.4 is 11.1 Å². The van der Waals surface area contributed by atoms with Gasteiger partial charge in [0.05, 0.1) is 35.9 Å². The summed E-state index contributed by atoms with van der Waals surface area (Å²) in [6.07, 6.45) is 1.57. The molecule has 2 aromatic rings. The molecule has 2 rings (SSSR count). The van der Waals surface area contributed by atoms with Crippen LogP contribution in [0, 0.1) is 6.92 Å². The van der Waals surface area contributed by atoms with E-state index in [9.17, 15) is 14.4 Å². The molecule has 3 N–H and O–H groups in total. The number of primary amides is 1. The summed E-state index contributed by atoms with van der Waals surface area (Å²) in [5.74, 6) is -0.863. The first-order chi connectivity index (χ1) is 12.8. The Morgan fingerprint density at radius 3 is 2.67 bits per heavy atom. The Labute approximate surface area is 161 Å². The van der Waals surface area contributed by atoms with Gasteiger partial charge in [-0.1, -0.05) is 0 Å². The summed E-state index contributed by atoms with van der Waals surface area (Å²) in [6.45, 7) is 5.43. The Balaban J connectivity index is 2.17. The molecule has 0 aliphatic carbocycles. The largest absolute Gasteiger partial charge is 0.468 e. The SMILES string of the molecule is CCOC(=O)c1c(NC(=O)CN(C)C(C)c2ccco2)sc(C(N)=O)c1C. The molecule has 1 unspecified atom stereocenters. The van der Waals surface area contributed by atoms with Crippen LogP contribution in [0.3, 0.4) is 0 Å². The van der Waals surface area contributed by atoms with Crippen molar-refractivity contribution in [1.82, 2.24) is 4.90 Å². The number of furan rings is 1. The first kappa shape index (κ1) is 20.7. The van der Waals surface area contributed by atoms with E-state index in [0.29, 0.717) is 5.56 Å². The molecule has 2 aromatic heterocycles. The molecule has 8 nitrogen and oxygen atoms in total. The zero-order valence-electron chi connectivity index (χ0n) is 15.7. The Morgan fingerprint density at radius 1 is 1.41 bits per heavy atom. The number of likely N-dealkylation sites (N-methyl/N-ethyl adjacent to an activating group) is 1. The second-order valence-electron chi connectivity index (χ2n) is 6.00. The number of rotatable bonds is 8. The maximum Gasteiger partial charge on any atom is 0.341 e. The summed E-state index contributed by atoms with van der Waals surface area (Å²) in [4.78, 5) is 38.3. The maximum absolute atomic E-state index is 12.5. The van der Waals surface area contributed by atoms with Crippen molar-refractivity contribution in [3.63, 3.8) is 0 Å². The highest BCUT2D eigenvalue weighted by atomic mass is 32.1. The van der Waals surface area contributed by atoms with Crippen molar-refractivity contribution < 1.29 is 23.5 Å². The fourth-order valence-corrected chi connectivity index (χ4v) is 3.62. The molecule has 0 fully saturated rings. The van der Waals surface area contributed by atoms with Crippen LogP contribution in [0.15, 0.2) is 22.8 Å². The van der Waals surface area contributed by atoms with Crippen molar-refractivity contribution in [3.8, 4) is 0 Å². The van der Waals surface area contributed by atoms with Gasteiger partial charge in [0.2, 0.25) is 5.91 Å². The zero-order chi connectivity index (χ0) is 20.1. The van der Waals surface area contributed by atoms with Crippen molar-refractivity contribution in [1.29, 1.82) is 0 Å². The Kier molecular flexibility index (Phi) is 6.75. The van der Waals surface area contributed by atoms with E-state index in [1.54, 1.807) is 38.1 Å². The molecule has 146 valence electrons. The number of thiophene rings is 1. The molecule has 0 aromatic carbocycles. The van der Waals surface area contributed by atoms with Gasteiger partial charge in [-0.3, -0.25) is 14.5 Å². The molecular weight excluding hydrogens is 370 g/mol. The second kappa shape index (κ2) is 8.83. The van der Waals surface area contributed by atoms with Crippen molar-refractivity contribution in [2.75, 3.05) is 25.5 Å². The van der Waals surface area contributed by atoms with Crippen molar-refractivity contribution >= 4 is 34.1 Å². The normalized spacial score (nSPS) is 12.0. The molecule has 2 heterocycles. The van der Waals surface area contributed by atoms with Crippen LogP contribution in [0.5, 0.6) is 0 Å². The third kappa shape index (κ3) is 4.75. The van der Waals surface area contributed by atoms with E-state index in [1.165, 1.54) is 0 Å². The van der Waals surface area contributed by atoms with Crippen molar-refractivity contribution in [2.24, 2.45) is 5.73 Å². The van der Waals surface area contributed by atoms with Gasteiger partial charge in [-0.25, -0.2) is 4.79 Å². The number of carbonyl (C=O) groups excluding carboxylic acids is 3. The third-order valence-electron chi connectivity index (χ3n) is 4.11. The Bertz CT molecular complexity index is 828. The van der Waals surface area contributed by atoms with Crippen LogP contribution >= 0.6 is 11.3 Å². The van der Waals surface area contributed by atoms with E-state index >= 15 is 0 Å². The van der Waals surface area contributed by atoms with E-state index in [2.05, 4.69) is 5.32 Å². The van der Waals surface area contributed by atoms with Crippen LogP contribution in [0.1, 0.15) is 51.2 Å². The van der Waals surface area contributed by atoms with Gasteiger partial charge in [0, 0.05) is 0 Å². The molecule has 0 aliphatic heterocycles. The van der Waals surface area contributed by atoms with Gasteiger partial charge in [-0.2, -0.15) is 0 Å². The van der Waals surface area contributed by atoms with Crippen molar-refractivity contribution in [3.05, 3.63) is 40.2 Å². The lowest BCUT2D eigenvalue weighted by molar-refractivity contribution is -0.117. The Morgan fingerprint density at radius 2 is 2.11 bits per heavy atom. The average molecular weight is 393 g/mol. The fourth-order valence-electron chi connectivity index (χ4n) is 2.56. The minimum atomic E-state index is -0.660. The Hall–Kier alpha value is -2.65. The van der Waals surface area contributed by atoms with Crippen LogP contribution in [0.2, 0.25) is 0 Å². The average Bonchev–Trinajstić information content (AvgIpc) is 3.22. The number of nitrogens with zero attached hydrogens (tertiary/aromatic N) is 1. The van der Waals surface area contributed by atoms with Gasteiger partial charge in [0.15, 0.2) is 0 Å². The predicted molar refractivity (Wildman–Crippen MR) is 102 cm³/mol. The van der Waals surface area contributed by atoms with Crippen LogP contribution in [-0.4, -0.2) is 42.9 Å². The molecule has 9 heteroatoms. The highest BCUT2D eigenvalue weighted by molar-refractivity contribution is 7.18. The summed E-state index contributed by atoms with van der Waals surface area (Å²) < 4.78 is 10.4. The van der Waals surface area contributed by atoms with Crippen LogP contribution in [0.4, 0.5) is 5.00 Å². The van der Waals surface area contributed by atoms with Gasteiger partial charge in [-0.05, 0) is 45.5 Å². The number of ether oxygens (including phenoxy) is 1. The van der Waals surface area contributed by atoms with Crippen molar-refractivity contribution in [2.45, 2.75) is 26.8 Å². The first-order valence-electron chi connectivity index (χ1n) is 8.40. The van der Waals surface area contributed by atoms with Crippen LogP contribution in [0.25, 0.3) is 0 Å². The molecule has 0 saturated carbocycles.